The van der Waals surface area contributed by atoms with Crippen molar-refractivity contribution in [2.24, 2.45) is 0 Å². The zero-order valence-electron chi connectivity index (χ0n) is 26.6. The largest absolute Gasteiger partial charge is 0.496 e. The number of methoxy groups -OCH3 is 1. The number of ether oxygens (including phenoxy) is 1. The molecule has 4 aromatic rings. The molecule has 51 heavy (non-hydrogen) atoms. The van der Waals surface area contributed by atoms with Crippen LogP contribution in [0, 0.1) is 6.92 Å². The average molecular weight is 723 g/mol. The fraction of sp³-hybridized carbons (Fsp3) is 0.278. The molecule has 2 aliphatic rings. The maximum Gasteiger partial charge on any atom is 0.416 e. The zero-order chi connectivity index (χ0) is 37.2. The molecular weight excluding hydrogens is 695 g/mol. The number of hydrogen-bond donors (Lipinski definition) is 2. The number of hydrogen-bond acceptors (Lipinski definition) is 3. The Morgan fingerprint density at radius 1 is 0.765 bits per heavy atom. The number of rotatable bonds is 6. The first kappa shape index (κ1) is 35.6. The summed E-state index contributed by atoms with van der Waals surface area (Å²) in [7, 11) is 1.35. The van der Waals surface area contributed by atoms with Crippen LogP contribution < -0.4 is 10.1 Å². The first-order chi connectivity index (χ1) is 23.8. The van der Waals surface area contributed by atoms with Gasteiger partial charge in [0.2, 0.25) is 0 Å². The lowest BCUT2D eigenvalue weighted by Crippen LogP contribution is -2.32. The first-order valence-electron chi connectivity index (χ1n) is 15.4. The van der Waals surface area contributed by atoms with Gasteiger partial charge < -0.3 is 20.1 Å². The van der Waals surface area contributed by atoms with Crippen LogP contribution in [0.5, 0.6) is 5.75 Å². The standard InChI is InChI=1S/C36H27F9N2O4/c1-17-11-19(32(48)49)3-6-24(17)18-4-10-30(51-2)27(14-18)25-7-5-21(34(37,38)39)16-26(25)28-8-9-29-31(46-33(50)47(28)29)20-12-22(35(40,41)42)15-23(13-20)36(43,44)45/h3-7,10-16,28-29,31H,8-9H2,1-2H3,(H,46,50)(H,48,49)/t28-,29-,31?/m0/s1. The lowest BCUT2D eigenvalue weighted by atomic mass is 9.89. The number of halogens is 9. The van der Waals surface area contributed by atoms with Gasteiger partial charge in [0.1, 0.15) is 5.75 Å². The van der Waals surface area contributed by atoms with Gasteiger partial charge >= 0.3 is 30.5 Å². The number of nitrogens with zero attached hydrogens (tertiary/aromatic N) is 1. The fourth-order valence-electron chi connectivity index (χ4n) is 7.00. The van der Waals surface area contributed by atoms with E-state index in [4.69, 9.17) is 4.74 Å². The number of urea groups is 1. The molecule has 3 atom stereocenters. The van der Waals surface area contributed by atoms with Gasteiger partial charge in [0.15, 0.2) is 0 Å². The molecule has 2 heterocycles. The number of carbonyl (C=O) groups is 2. The van der Waals surface area contributed by atoms with Crippen molar-refractivity contribution in [3.05, 3.63) is 112 Å². The lowest BCUT2D eigenvalue weighted by Gasteiger charge is -2.28. The second kappa shape index (κ2) is 12.5. The predicted molar refractivity (Wildman–Crippen MR) is 166 cm³/mol. The van der Waals surface area contributed by atoms with Gasteiger partial charge in [-0.2, -0.15) is 39.5 Å². The minimum Gasteiger partial charge on any atom is -0.496 e. The van der Waals surface area contributed by atoms with E-state index < -0.39 is 70.9 Å². The number of carboxylic acid groups (broad SMARTS) is 1. The van der Waals surface area contributed by atoms with Crippen molar-refractivity contribution in [1.29, 1.82) is 0 Å². The van der Waals surface area contributed by atoms with E-state index in [2.05, 4.69) is 5.32 Å². The maximum atomic E-state index is 14.1. The van der Waals surface area contributed by atoms with Gasteiger partial charge in [-0.05, 0) is 108 Å². The number of aryl methyl sites for hydroxylation is 1. The molecular formula is C36H27F9N2O4. The molecule has 268 valence electrons. The summed E-state index contributed by atoms with van der Waals surface area (Å²) in [5.41, 5.74) is -2.16. The highest BCUT2D eigenvalue weighted by molar-refractivity contribution is 5.89. The third-order valence-electron chi connectivity index (χ3n) is 9.31. The van der Waals surface area contributed by atoms with Gasteiger partial charge in [-0.15, -0.1) is 0 Å². The Labute approximate surface area is 284 Å². The van der Waals surface area contributed by atoms with Crippen LogP contribution in [0.1, 0.15) is 68.7 Å². The van der Waals surface area contributed by atoms with Crippen molar-refractivity contribution in [3.8, 4) is 28.0 Å². The Morgan fingerprint density at radius 2 is 1.39 bits per heavy atom. The van der Waals surface area contributed by atoms with Crippen LogP contribution >= 0.6 is 0 Å². The predicted octanol–water partition coefficient (Wildman–Crippen LogP) is 10.1. The van der Waals surface area contributed by atoms with Crippen molar-refractivity contribution < 1.29 is 58.9 Å². The normalized spacial score (nSPS) is 19.2. The maximum absolute atomic E-state index is 14.1. The molecule has 2 fully saturated rings. The van der Waals surface area contributed by atoms with Gasteiger partial charge in [-0.3, -0.25) is 0 Å². The smallest absolute Gasteiger partial charge is 0.416 e. The van der Waals surface area contributed by atoms with E-state index in [1.165, 1.54) is 30.2 Å². The van der Waals surface area contributed by atoms with E-state index in [1.807, 2.05) is 0 Å². The summed E-state index contributed by atoms with van der Waals surface area (Å²) >= 11 is 0. The summed E-state index contributed by atoms with van der Waals surface area (Å²) < 4.78 is 130. The fourth-order valence-corrected chi connectivity index (χ4v) is 7.00. The van der Waals surface area contributed by atoms with Crippen LogP contribution in [-0.2, 0) is 18.5 Å². The second-order valence-corrected chi connectivity index (χ2v) is 12.4. The number of amides is 2. The molecule has 0 aromatic heterocycles. The average Bonchev–Trinajstić information content (AvgIpc) is 3.63. The number of carbonyl (C=O) groups excluding carboxylic acids is 1. The van der Waals surface area contributed by atoms with Crippen molar-refractivity contribution in [1.82, 2.24) is 10.2 Å². The molecule has 0 bridgehead atoms. The molecule has 2 amide bonds. The van der Waals surface area contributed by atoms with E-state index in [0.717, 1.165) is 12.1 Å². The Balaban J connectivity index is 1.46. The number of carboxylic acids is 1. The Morgan fingerprint density at radius 3 is 1.96 bits per heavy atom. The second-order valence-electron chi connectivity index (χ2n) is 12.4. The van der Waals surface area contributed by atoms with Crippen LogP contribution in [0.2, 0.25) is 0 Å². The lowest BCUT2D eigenvalue weighted by molar-refractivity contribution is -0.143. The van der Waals surface area contributed by atoms with Crippen LogP contribution in [0.3, 0.4) is 0 Å². The molecule has 15 heteroatoms. The minimum absolute atomic E-state index is 0.0199. The number of nitrogens with one attached hydrogen (secondary N) is 1. The molecule has 0 spiro atoms. The summed E-state index contributed by atoms with van der Waals surface area (Å²) in [5, 5.41) is 11.8. The van der Waals surface area contributed by atoms with Gasteiger partial charge in [0.05, 0.1) is 47.5 Å². The van der Waals surface area contributed by atoms with Crippen molar-refractivity contribution in [3.63, 3.8) is 0 Å². The summed E-state index contributed by atoms with van der Waals surface area (Å²) in [6, 6.07) is 9.15. The molecule has 4 aromatic carbocycles. The highest BCUT2D eigenvalue weighted by Crippen LogP contribution is 2.50. The van der Waals surface area contributed by atoms with E-state index in [-0.39, 0.29) is 41.3 Å². The molecule has 1 unspecified atom stereocenters. The molecule has 2 aliphatic heterocycles. The van der Waals surface area contributed by atoms with Crippen LogP contribution in [-0.4, -0.2) is 35.2 Å². The molecule has 0 saturated carbocycles. The zero-order valence-corrected chi connectivity index (χ0v) is 26.6. The van der Waals surface area contributed by atoms with Crippen LogP contribution in [0.4, 0.5) is 44.3 Å². The molecule has 6 rings (SSSR count). The summed E-state index contributed by atoms with van der Waals surface area (Å²) in [6.07, 6.45) is -15.0. The van der Waals surface area contributed by atoms with Crippen molar-refractivity contribution in [2.75, 3.05) is 7.11 Å². The third-order valence-corrected chi connectivity index (χ3v) is 9.31. The van der Waals surface area contributed by atoms with Crippen LogP contribution in [0.15, 0.2) is 72.8 Å². The molecule has 6 nitrogen and oxygen atoms in total. The van der Waals surface area contributed by atoms with Gasteiger partial charge in [0, 0.05) is 5.56 Å². The Kier molecular flexibility index (Phi) is 8.75. The SMILES string of the molecule is COc1ccc(-c2ccc(C(=O)O)cc2C)cc1-c1ccc(C(F)(F)F)cc1[C@@H]1CC[C@H]2C(c3cc(C(F)(F)F)cc(C(F)(F)F)c3)NC(=O)N12. The summed E-state index contributed by atoms with van der Waals surface area (Å²) in [5.74, 6) is -0.882. The third kappa shape index (κ3) is 6.68. The summed E-state index contributed by atoms with van der Waals surface area (Å²) in [4.78, 5) is 26.1. The van der Waals surface area contributed by atoms with Gasteiger partial charge in [-0.25, -0.2) is 9.59 Å². The van der Waals surface area contributed by atoms with E-state index in [0.29, 0.717) is 34.4 Å². The topological polar surface area (TPSA) is 78.9 Å². The Bertz CT molecular complexity index is 2010. The first-order valence-corrected chi connectivity index (χ1v) is 15.4. The van der Waals surface area contributed by atoms with E-state index in [9.17, 15) is 54.2 Å². The van der Waals surface area contributed by atoms with Crippen molar-refractivity contribution in [2.45, 2.75) is 56.4 Å². The minimum atomic E-state index is -5.13. The Hall–Kier alpha value is -5.21. The molecule has 2 N–H and O–H groups in total. The molecule has 0 aliphatic carbocycles. The van der Waals surface area contributed by atoms with E-state index >= 15 is 0 Å². The molecule has 2 saturated heterocycles. The quantitative estimate of drug-likeness (QED) is 0.194. The monoisotopic (exact) mass is 722 g/mol. The highest BCUT2D eigenvalue weighted by atomic mass is 19.4. The van der Waals surface area contributed by atoms with Gasteiger partial charge in [-0.1, -0.05) is 18.2 Å². The highest BCUT2D eigenvalue weighted by Gasteiger charge is 2.50. The van der Waals surface area contributed by atoms with Crippen molar-refractivity contribution >= 4 is 12.0 Å². The van der Waals surface area contributed by atoms with Gasteiger partial charge in [0.25, 0.3) is 0 Å². The van der Waals surface area contributed by atoms with Crippen LogP contribution in [0.25, 0.3) is 22.3 Å². The molecule has 0 radical (unpaired) electrons. The number of aromatic carboxylic acids is 1. The number of benzene rings is 4. The number of fused-ring (bicyclic) bond motifs is 1. The number of alkyl halides is 9. The summed E-state index contributed by atoms with van der Waals surface area (Å²) in [6.45, 7) is 1.69. The van der Waals surface area contributed by atoms with E-state index in [1.54, 1.807) is 31.2 Å².